The van der Waals surface area contributed by atoms with Crippen molar-refractivity contribution in [1.82, 2.24) is 25.1 Å². The second-order valence-electron chi connectivity index (χ2n) is 8.45. The molecule has 1 aliphatic heterocycles. The van der Waals surface area contributed by atoms with Crippen LogP contribution in [-0.2, 0) is 11.3 Å². The lowest BCUT2D eigenvalue weighted by Gasteiger charge is -2.21. The highest BCUT2D eigenvalue weighted by molar-refractivity contribution is 14.0. The monoisotopic (exact) mass is 554 g/mol. The van der Waals surface area contributed by atoms with E-state index in [0.717, 1.165) is 37.2 Å². The van der Waals surface area contributed by atoms with Crippen molar-refractivity contribution < 1.29 is 9.18 Å². The van der Waals surface area contributed by atoms with Crippen LogP contribution in [0.1, 0.15) is 43.5 Å². The fourth-order valence-corrected chi connectivity index (χ4v) is 4.57. The van der Waals surface area contributed by atoms with Crippen LogP contribution in [0.5, 0.6) is 0 Å². The quantitative estimate of drug-likeness (QED) is 0.338. The number of amides is 1. The average Bonchev–Trinajstić information content (AvgIpc) is 3.53. The van der Waals surface area contributed by atoms with Crippen molar-refractivity contribution in [2.24, 2.45) is 10.9 Å². The molecule has 7 nitrogen and oxygen atoms in total. The van der Waals surface area contributed by atoms with Gasteiger partial charge < -0.3 is 20.1 Å². The maximum Gasteiger partial charge on any atom is 0.225 e. The van der Waals surface area contributed by atoms with Crippen molar-refractivity contribution in [1.29, 1.82) is 0 Å². The molecule has 1 aromatic heterocycles. The standard InChI is InChI=1S/C23H31FN6O.HI/c1-16-26-10-12-30(16)21-8-7-17(13-20(21)24)14-27-23(25-2)28-19-9-11-29(15-19)22(31)18-5-3-4-6-18;/h7-8,10,12-13,18-19H,3-6,9,11,14-15H2,1-2H3,(H2,25,27,28);1H. The largest absolute Gasteiger partial charge is 0.352 e. The van der Waals surface area contributed by atoms with E-state index in [4.69, 9.17) is 0 Å². The molecule has 1 saturated heterocycles. The first-order chi connectivity index (χ1) is 15.0. The van der Waals surface area contributed by atoms with E-state index in [0.29, 0.717) is 30.6 Å². The molecule has 1 aliphatic carbocycles. The minimum Gasteiger partial charge on any atom is -0.352 e. The lowest BCUT2D eigenvalue weighted by molar-refractivity contribution is -0.134. The molecule has 2 aromatic rings. The van der Waals surface area contributed by atoms with Crippen molar-refractivity contribution in [3.8, 4) is 5.69 Å². The number of aromatic nitrogens is 2. The third-order valence-electron chi connectivity index (χ3n) is 6.33. The number of rotatable bonds is 5. The number of carbonyl (C=O) groups is 1. The molecule has 1 aromatic carbocycles. The molecule has 2 fully saturated rings. The van der Waals surface area contributed by atoms with E-state index < -0.39 is 0 Å². The molecule has 4 rings (SSSR count). The number of hydrogen-bond acceptors (Lipinski definition) is 3. The van der Waals surface area contributed by atoms with Crippen LogP contribution in [0.15, 0.2) is 35.6 Å². The fraction of sp³-hybridized carbons (Fsp3) is 0.522. The number of nitrogens with one attached hydrogen (secondary N) is 2. The molecular formula is C23H32FIN6O. The maximum atomic E-state index is 14.6. The molecule has 0 radical (unpaired) electrons. The molecule has 1 saturated carbocycles. The highest BCUT2D eigenvalue weighted by Crippen LogP contribution is 2.27. The van der Waals surface area contributed by atoms with E-state index >= 15 is 0 Å². The molecule has 0 bridgehead atoms. The van der Waals surface area contributed by atoms with Crippen LogP contribution in [0.2, 0.25) is 0 Å². The first-order valence-electron chi connectivity index (χ1n) is 11.1. The number of carbonyl (C=O) groups excluding carboxylic acids is 1. The number of guanidine groups is 1. The number of benzene rings is 1. The van der Waals surface area contributed by atoms with Crippen LogP contribution >= 0.6 is 24.0 Å². The van der Waals surface area contributed by atoms with Crippen molar-refractivity contribution >= 4 is 35.8 Å². The normalized spacial score (nSPS) is 19.2. The summed E-state index contributed by atoms with van der Waals surface area (Å²) in [5.41, 5.74) is 1.31. The first kappa shape index (κ1) is 24.5. The zero-order valence-corrected chi connectivity index (χ0v) is 21.0. The summed E-state index contributed by atoms with van der Waals surface area (Å²) in [6.45, 7) is 3.81. The Morgan fingerprint density at radius 1 is 1.28 bits per heavy atom. The zero-order valence-electron chi connectivity index (χ0n) is 18.7. The van der Waals surface area contributed by atoms with Gasteiger partial charge in [-0.25, -0.2) is 9.37 Å². The van der Waals surface area contributed by atoms with Gasteiger partial charge in [0.05, 0.1) is 5.69 Å². The Morgan fingerprint density at radius 2 is 2.06 bits per heavy atom. The number of aliphatic imine (C=N–C) groups is 1. The van der Waals surface area contributed by atoms with E-state index in [9.17, 15) is 9.18 Å². The minimum atomic E-state index is -0.291. The number of aryl methyl sites for hydroxylation is 1. The van der Waals surface area contributed by atoms with Gasteiger partial charge in [-0.2, -0.15) is 0 Å². The lowest BCUT2D eigenvalue weighted by atomic mass is 10.1. The van der Waals surface area contributed by atoms with E-state index in [1.54, 1.807) is 30.1 Å². The molecule has 1 unspecified atom stereocenters. The lowest BCUT2D eigenvalue weighted by Crippen LogP contribution is -2.45. The summed E-state index contributed by atoms with van der Waals surface area (Å²) in [6, 6.07) is 5.38. The van der Waals surface area contributed by atoms with Gasteiger partial charge in [-0.3, -0.25) is 9.79 Å². The van der Waals surface area contributed by atoms with Gasteiger partial charge in [0, 0.05) is 51.0 Å². The molecule has 32 heavy (non-hydrogen) atoms. The second kappa shape index (κ2) is 11.1. The van der Waals surface area contributed by atoms with Gasteiger partial charge in [0.25, 0.3) is 0 Å². The number of hydrogen-bond donors (Lipinski definition) is 2. The molecular weight excluding hydrogens is 522 g/mol. The van der Waals surface area contributed by atoms with Crippen molar-refractivity contribution in [2.45, 2.75) is 51.6 Å². The SMILES string of the molecule is CN=C(NCc1ccc(-n2ccnc2C)c(F)c1)NC1CCN(C(=O)C2CCCC2)C1.I. The summed E-state index contributed by atoms with van der Waals surface area (Å²) in [4.78, 5) is 23.1. The van der Waals surface area contributed by atoms with E-state index in [2.05, 4.69) is 20.6 Å². The van der Waals surface area contributed by atoms with Gasteiger partial charge in [0.1, 0.15) is 11.6 Å². The summed E-state index contributed by atoms with van der Waals surface area (Å²) in [7, 11) is 1.72. The third-order valence-corrected chi connectivity index (χ3v) is 6.33. The predicted molar refractivity (Wildman–Crippen MR) is 134 cm³/mol. The van der Waals surface area contributed by atoms with Crippen LogP contribution in [0.3, 0.4) is 0 Å². The number of imidazole rings is 1. The van der Waals surface area contributed by atoms with Crippen molar-refractivity contribution in [2.75, 3.05) is 20.1 Å². The predicted octanol–water partition coefficient (Wildman–Crippen LogP) is 3.39. The van der Waals surface area contributed by atoms with Gasteiger partial charge in [0.2, 0.25) is 5.91 Å². The van der Waals surface area contributed by atoms with Gasteiger partial charge >= 0.3 is 0 Å². The Kier molecular flexibility index (Phi) is 8.50. The first-order valence-corrected chi connectivity index (χ1v) is 11.1. The molecule has 174 valence electrons. The van der Waals surface area contributed by atoms with E-state index in [1.165, 1.54) is 18.9 Å². The highest BCUT2D eigenvalue weighted by atomic mass is 127. The average molecular weight is 554 g/mol. The van der Waals surface area contributed by atoms with Gasteiger partial charge in [0.15, 0.2) is 5.96 Å². The molecule has 2 N–H and O–H groups in total. The molecule has 1 atom stereocenters. The molecule has 9 heteroatoms. The summed E-state index contributed by atoms with van der Waals surface area (Å²) < 4.78 is 16.3. The van der Waals surface area contributed by atoms with Gasteiger partial charge in [-0.05, 0) is 43.9 Å². The molecule has 2 aliphatic rings. The minimum absolute atomic E-state index is 0. The van der Waals surface area contributed by atoms with E-state index in [1.807, 2.05) is 17.9 Å². The Labute approximate surface area is 205 Å². The highest BCUT2D eigenvalue weighted by Gasteiger charge is 2.32. The van der Waals surface area contributed by atoms with Gasteiger partial charge in [-0.1, -0.05) is 18.9 Å². The molecule has 2 heterocycles. The third kappa shape index (κ3) is 5.60. The van der Waals surface area contributed by atoms with Crippen LogP contribution in [0, 0.1) is 18.7 Å². The van der Waals surface area contributed by atoms with Crippen molar-refractivity contribution in [3.05, 3.63) is 47.8 Å². The maximum absolute atomic E-state index is 14.6. The smallest absolute Gasteiger partial charge is 0.225 e. The Morgan fingerprint density at radius 3 is 2.72 bits per heavy atom. The summed E-state index contributed by atoms with van der Waals surface area (Å²) in [5.74, 6) is 1.65. The summed E-state index contributed by atoms with van der Waals surface area (Å²) in [6.07, 6.45) is 8.73. The molecule has 1 amide bonds. The van der Waals surface area contributed by atoms with Crippen LogP contribution < -0.4 is 10.6 Å². The number of nitrogens with zero attached hydrogens (tertiary/aromatic N) is 4. The van der Waals surface area contributed by atoms with Crippen molar-refractivity contribution in [3.63, 3.8) is 0 Å². The van der Waals surface area contributed by atoms with E-state index in [-0.39, 0.29) is 41.8 Å². The Bertz CT molecular complexity index is 956. The van der Waals surface area contributed by atoms with Crippen LogP contribution in [0.4, 0.5) is 4.39 Å². The van der Waals surface area contributed by atoms with Gasteiger partial charge in [-0.15, -0.1) is 24.0 Å². The summed E-state index contributed by atoms with van der Waals surface area (Å²) >= 11 is 0. The van der Waals surface area contributed by atoms with Crippen LogP contribution in [0.25, 0.3) is 5.69 Å². The number of likely N-dealkylation sites (tertiary alicyclic amines) is 1. The number of halogens is 2. The Balaban J connectivity index is 0.00000289. The second-order valence-corrected chi connectivity index (χ2v) is 8.45. The topological polar surface area (TPSA) is 74.6 Å². The summed E-state index contributed by atoms with van der Waals surface area (Å²) in [5, 5.41) is 6.66. The van der Waals surface area contributed by atoms with Crippen LogP contribution in [-0.4, -0.2) is 52.5 Å². The molecule has 0 spiro atoms. The Hall–Kier alpha value is -2.17. The fourth-order valence-electron chi connectivity index (χ4n) is 4.57. The zero-order chi connectivity index (χ0) is 21.8.